The zero-order chi connectivity index (χ0) is 14.0. The van der Waals surface area contributed by atoms with Crippen LogP contribution in [-0.4, -0.2) is 27.4 Å². The Bertz CT molecular complexity index is 590. The molecule has 0 fully saturated rings. The number of carboxylic acids is 1. The lowest BCUT2D eigenvalue weighted by molar-refractivity contribution is 0.0689. The van der Waals surface area contributed by atoms with E-state index in [1.54, 1.807) is 0 Å². The van der Waals surface area contributed by atoms with E-state index in [9.17, 15) is 4.79 Å². The number of rotatable bonds is 4. The molecule has 2 rings (SSSR count). The summed E-state index contributed by atoms with van der Waals surface area (Å²) < 4.78 is 5.99. The van der Waals surface area contributed by atoms with Crippen LogP contribution in [0.5, 0.6) is 5.75 Å². The maximum absolute atomic E-state index is 10.9. The number of aromatic carboxylic acids is 1. The van der Waals surface area contributed by atoms with Crippen molar-refractivity contribution < 1.29 is 14.6 Å². The molecule has 1 aromatic carbocycles. The average molecular weight is 325 g/mol. The smallest absolute Gasteiger partial charge is 0.355 e. The molecule has 0 aliphatic heterocycles. The summed E-state index contributed by atoms with van der Waals surface area (Å²) in [5.41, 5.74) is 1.41. The largest absolute Gasteiger partial charge is 0.491 e. The van der Waals surface area contributed by atoms with Crippen molar-refractivity contribution >= 4 is 21.9 Å². The van der Waals surface area contributed by atoms with Gasteiger partial charge in [-0.15, -0.1) is 0 Å². The Balaban J connectivity index is 2.30. The minimum Gasteiger partial charge on any atom is -0.491 e. The lowest BCUT2D eigenvalue weighted by atomic mass is 10.1. The zero-order valence-electron chi connectivity index (χ0n) is 10.5. The van der Waals surface area contributed by atoms with Crippen LogP contribution in [0.2, 0.25) is 0 Å². The van der Waals surface area contributed by atoms with Gasteiger partial charge >= 0.3 is 5.97 Å². The fourth-order valence-electron chi connectivity index (χ4n) is 1.62. The number of nitrogens with one attached hydrogen (secondary N) is 1. The molecule has 2 N–H and O–H groups in total. The average Bonchev–Trinajstić information content (AvgIpc) is 2.71. The minimum atomic E-state index is -1.05. The van der Waals surface area contributed by atoms with Crippen LogP contribution in [0, 0.1) is 0 Å². The molecule has 5 nitrogen and oxygen atoms in total. The number of nitrogens with zero attached hydrogens (tertiary/aromatic N) is 1. The lowest BCUT2D eigenvalue weighted by Crippen LogP contribution is -2.05. The zero-order valence-corrected chi connectivity index (χ0v) is 12.1. The van der Waals surface area contributed by atoms with E-state index in [-0.39, 0.29) is 11.8 Å². The summed E-state index contributed by atoms with van der Waals surface area (Å²) in [6.07, 6.45) is 0.113. The van der Waals surface area contributed by atoms with Crippen molar-refractivity contribution in [1.29, 1.82) is 0 Å². The first-order valence-electron chi connectivity index (χ1n) is 5.73. The molecule has 0 aliphatic rings. The van der Waals surface area contributed by atoms with E-state index in [0.717, 1.165) is 11.3 Å². The third-order valence-electron chi connectivity index (χ3n) is 2.42. The van der Waals surface area contributed by atoms with Gasteiger partial charge < -0.3 is 9.84 Å². The summed E-state index contributed by atoms with van der Waals surface area (Å²) in [6, 6.07) is 7.34. The minimum absolute atomic E-state index is 0.0394. The quantitative estimate of drug-likeness (QED) is 0.904. The van der Waals surface area contributed by atoms with Crippen LogP contribution in [0.4, 0.5) is 0 Å². The molecule has 6 heteroatoms. The maximum atomic E-state index is 10.9. The molecule has 0 spiro atoms. The van der Waals surface area contributed by atoms with Gasteiger partial charge in [0, 0.05) is 5.56 Å². The number of ether oxygens (including phenoxy) is 1. The number of benzene rings is 1. The van der Waals surface area contributed by atoms with Crippen molar-refractivity contribution in [1.82, 2.24) is 10.2 Å². The Hall–Kier alpha value is -1.82. The molecular weight excluding hydrogens is 312 g/mol. The summed E-state index contributed by atoms with van der Waals surface area (Å²) in [6.45, 7) is 3.91. The van der Waals surface area contributed by atoms with E-state index in [2.05, 4.69) is 26.1 Å². The highest BCUT2D eigenvalue weighted by atomic mass is 79.9. The van der Waals surface area contributed by atoms with E-state index in [1.165, 1.54) is 0 Å². The predicted octanol–water partition coefficient (Wildman–Crippen LogP) is 3.32. The molecule has 0 unspecified atom stereocenters. The lowest BCUT2D eigenvalue weighted by Gasteiger charge is -2.09. The van der Waals surface area contributed by atoms with E-state index in [4.69, 9.17) is 9.84 Å². The van der Waals surface area contributed by atoms with Crippen LogP contribution in [0.1, 0.15) is 24.3 Å². The van der Waals surface area contributed by atoms with Crippen LogP contribution in [0.25, 0.3) is 11.3 Å². The van der Waals surface area contributed by atoms with E-state index < -0.39 is 5.97 Å². The summed E-state index contributed by atoms with van der Waals surface area (Å²) in [5.74, 6) is -0.283. The first-order valence-corrected chi connectivity index (χ1v) is 6.52. The molecule has 0 radical (unpaired) electrons. The molecule has 1 heterocycles. The second-order valence-electron chi connectivity index (χ2n) is 4.26. The van der Waals surface area contributed by atoms with Gasteiger partial charge in [-0.25, -0.2) is 4.79 Å². The number of carbonyl (C=O) groups is 1. The number of hydrogen-bond donors (Lipinski definition) is 2. The van der Waals surface area contributed by atoms with Gasteiger partial charge in [0.1, 0.15) is 11.4 Å². The van der Waals surface area contributed by atoms with Crippen LogP contribution in [0.15, 0.2) is 28.7 Å². The molecule has 1 aromatic heterocycles. The summed E-state index contributed by atoms with van der Waals surface area (Å²) in [7, 11) is 0. The van der Waals surface area contributed by atoms with Crippen molar-refractivity contribution in [2.75, 3.05) is 0 Å². The Morgan fingerprint density at radius 3 is 2.47 bits per heavy atom. The molecular formula is C13H13BrN2O3. The van der Waals surface area contributed by atoms with Crippen molar-refractivity contribution in [3.05, 3.63) is 34.4 Å². The van der Waals surface area contributed by atoms with Gasteiger partial charge in [0.15, 0.2) is 5.69 Å². The standard InChI is InChI=1S/C13H13BrN2O3/c1-7(2)19-9-5-3-8(4-6-9)11-10(14)12(13(17)18)16-15-11/h3-7H,1-2H3,(H,15,16)(H,17,18). The number of H-pyrrole nitrogens is 1. The number of aromatic nitrogens is 2. The first kappa shape index (κ1) is 13.6. The highest BCUT2D eigenvalue weighted by molar-refractivity contribution is 9.10. The van der Waals surface area contributed by atoms with Gasteiger partial charge in [0.05, 0.1) is 10.6 Å². The fraction of sp³-hybridized carbons (Fsp3) is 0.231. The van der Waals surface area contributed by atoms with Gasteiger partial charge in [-0.1, -0.05) is 0 Å². The third kappa shape index (κ3) is 2.96. The second kappa shape index (κ2) is 5.44. The van der Waals surface area contributed by atoms with E-state index in [0.29, 0.717) is 10.2 Å². The van der Waals surface area contributed by atoms with E-state index >= 15 is 0 Å². The molecule has 19 heavy (non-hydrogen) atoms. The molecule has 0 amide bonds. The number of aromatic amines is 1. The molecule has 2 aromatic rings. The normalized spacial score (nSPS) is 10.7. The highest BCUT2D eigenvalue weighted by Crippen LogP contribution is 2.30. The molecule has 0 bridgehead atoms. The van der Waals surface area contributed by atoms with Crippen molar-refractivity contribution in [2.45, 2.75) is 20.0 Å². The van der Waals surface area contributed by atoms with Crippen LogP contribution >= 0.6 is 15.9 Å². The Morgan fingerprint density at radius 2 is 2.00 bits per heavy atom. The van der Waals surface area contributed by atoms with Gasteiger partial charge in [0.25, 0.3) is 0 Å². The van der Waals surface area contributed by atoms with Gasteiger partial charge in [-0.2, -0.15) is 5.10 Å². The molecule has 100 valence electrons. The second-order valence-corrected chi connectivity index (χ2v) is 5.05. The van der Waals surface area contributed by atoms with Crippen molar-refractivity contribution in [2.24, 2.45) is 0 Å². The first-order chi connectivity index (χ1) is 8.99. The van der Waals surface area contributed by atoms with Crippen LogP contribution in [-0.2, 0) is 0 Å². The Morgan fingerprint density at radius 1 is 1.37 bits per heavy atom. The van der Waals surface area contributed by atoms with Crippen LogP contribution < -0.4 is 4.74 Å². The fourth-order valence-corrected chi connectivity index (χ4v) is 2.20. The maximum Gasteiger partial charge on any atom is 0.355 e. The monoisotopic (exact) mass is 324 g/mol. The Kier molecular flexibility index (Phi) is 3.90. The van der Waals surface area contributed by atoms with Crippen LogP contribution in [0.3, 0.4) is 0 Å². The van der Waals surface area contributed by atoms with E-state index in [1.807, 2.05) is 38.1 Å². The predicted molar refractivity (Wildman–Crippen MR) is 74.4 cm³/mol. The van der Waals surface area contributed by atoms with Gasteiger partial charge in [-0.05, 0) is 54.0 Å². The van der Waals surface area contributed by atoms with Crippen molar-refractivity contribution in [3.63, 3.8) is 0 Å². The molecule has 0 aliphatic carbocycles. The Labute approximate surface area is 118 Å². The van der Waals surface area contributed by atoms with Gasteiger partial charge in [-0.3, -0.25) is 5.10 Å². The SMILES string of the molecule is CC(C)Oc1ccc(-c2n[nH]c(C(=O)O)c2Br)cc1. The molecule has 0 saturated heterocycles. The highest BCUT2D eigenvalue weighted by Gasteiger charge is 2.17. The number of carboxylic acid groups (broad SMARTS) is 1. The van der Waals surface area contributed by atoms with Gasteiger partial charge in [0.2, 0.25) is 0 Å². The van der Waals surface area contributed by atoms with Crippen molar-refractivity contribution in [3.8, 4) is 17.0 Å². The number of hydrogen-bond acceptors (Lipinski definition) is 3. The number of halogens is 1. The summed E-state index contributed by atoms with van der Waals surface area (Å²) in [5, 5.41) is 15.4. The third-order valence-corrected chi connectivity index (χ3v) is 3.19. The topological polar surface area (TPSA) is 75.2 Å². The molecule has 0 atom stereocenters. The molecule has 0 saturated carbocycles. The summed E-state index contributed by atoms with van der Waals surface area (Å²) in [4.78, 5) is 10.9. The summed E-state index contributed by atoms with van der Waals surface area (Å²) >= 11 is 3.24.